The molecule has 0 radical (unpaired) electrons. The number of hydrogen-bond acceptors (Lipinski definition) is 2. The third kappa shape index (κ3) is 3.51. The molecule has 118 valence electrons. The highest BCUT2D eigenvalue weighted by molar-refractivity contribution is 9.10. The highest BCUT2D eigenvalue weighted by atomic mass is 79.9. The molecule has 22 heavy (non-hydrogen) atoms. The van der Waals surface area contributed by atoms with Crippen LogP contribution in [0.15, 0.2) is 28.7 Å². The van der Waals surface area contributed by atoms with Gasteiger partial charge in [-0.1, -0.05) is 34.1 Å². The monoisotopic (exact) mass is 364 g/mol. The molecular formula is C17H21BrN2O2. The molecule has 2 aliphatic rings. The fourth-order valence-electron chi connectivity index (χ4n) is 3.15. The number of benzene rings is 1. The topological polar surface area (TPSA) is 49.4 Å². The molecule has 1 aliphatic heterocycles. The van der Waals surface area contributed by atoms with E-state index in [0.717, 1.165) is 36.8 Å². The van der Waals surface area contributed by atoms with Gasteiger partial charge in [-0.2, -0.15) is 0 Å². The number of hydrogen-bond donors (Lipinski definition) is 1. The molecule has 0 unspecified atom stereocenters. The quantitative estimate of drug-likeness (QED) is 0.892. The Morgan fingerprint density at radius 1 is 1.18 bits per heavy atom. The molecule has 1 heterocycles. The molecule has 3 rings (SSSR count). The van der Waals surface area contributed by atoms with Gasteiger partial charge < -0.3 is 10.2 Å². The molecule has 5 heteroatoms. The average molecular weight is 365 g/mol. The highest BCUT2D eigenvalue weighted by Gasteiger charge is 2.44. The van der Waals surface area contributed by atoms with E-state index in [9.17, 15) is 9.59 Å². The van der Waals surface area contributed by atoms with Gasteiger partial charge in [-0.3, -0.25) is 9.59 Å². The summed E-state index contributed by atoms with van der Waals surface area (Å²) < 4.78 is 1.06. The maximum absolute atomic E-state index is 12.2. The second-order valence-electron chi connectivity index (χ2n) is 6.13. The van der Waals surface area contributed by atoms with Crippen LogP contribution in [0.25, 0.3) is 0 Å². The van der Waals surface area contributed by atoms with Gasteiger partial charge in [-0.25, -0.2) is 0 Å². The Balaban J connectivity index is 1.47. The molecule has 1 aliphatic carbocycles. The molecule has 1 aromatic carbocycles. The fourth-order valence-corrected chi connectivity index (χ4v) is 3.73. The molecular weight excluding hydrogens is 344 g/mol. The number of rotatable bonds is 4. The van der Waals surface area contributed by atoms with E-state index >= 15 is 0 Å². The van der Waals surface area contributed by atoms with Crippen molar-refractivity contribution in [1.82, 2.24) is 10.2 Å². The molecule has 1 saturated heterocycles. The van der Waals surface area contributed by atoms with Crippen molar-refractivity contribution < 1.29 is 9.59 Å². The van der Waals surface area contributed by atoms with Crippen LogP contribution in [0.4, 0.5) is 0 Å². The number of piperidine rings is 1. The molecule has 1 N–H and O–H groups in total. The molecule has 0 spiro atoms. The lowest BCUT2D eigenvalue weighted by Gasteiger charge is -2.26. The minimum absolute atomic E-state index is 0.00566. The first-order valence-electron chi connectivity index (χ1n) is 7.96. The smallest absolute Gasteiger partial charge is 0.241 e. The largest absolute Gasteiger partial charge is 0.347 e. The first kappa shape index (κ1) is 15.5. The lowest BCUT2D eigenvalue weighted by molar-refractivity contribution is -0.133. The summed E-state index contributed by atoms with van der Waals surface area (Å²) in [5, 5.41) is 2.82. The third-order valence-electron chi connectivity index (χ3n) is 4.55. The maximum atomic E-state index is 12.2. The predicted molar refractivity (Wildman–Crippen MR) is 88.4 cm³/mol. The summed E-state index contributed by atoms with van der Waals surface area (Å²) in [6, 6.07) is 8.03. The van der Waals surface area contributed by atoms with E-state index in [4.69, 9.17) is 0 Å². The first-order valence-corrected chi connectivity index (χ1v) is 8.76. The normalized spacial score (nSPS) is 24.0. The van der Waals surface area contributed by atoms with Crippen LogP contribution in [0.1, 0.15) is 37.2 Å². The van der Waals surface area contributed by atoms with Crippen LogP contribution in [0.5, 0.6) is 0 Å². The summed E-state index contributed by atoms with van der Waals surface area (Å²) in [7, 11) is 0. The Bertz CT molecular complexity index is 570. The van der Waals surface area contributed by atoms with Crippen LogP contribution in [0.3, 0.4) is 0 Å². The van der Waals surface area contributed by atoms with Crippen molar-refractivity contribution in [3.63, 3.8) is 0 Å². The van der Waals surface area contributed by atoms with Gasteiger partial charge in [0.1, 0.15) is 0 Å². The van der Waals surface area contributed by atoms with Crippen LogP contribution < -0.4 is 5.32 Å². The summed E-state index contributed by atoms with van der Waals surface area (Å²) in [6.07, 6.45) is 4.22. The van der Waals surface area contributed by atoms with Crippen molar-refractivity contribution in [2.45, 2.75) is 31.6 Å². The van der Waals surface area contributed by atoms with Gasteiger partial charge in [0, 0.05) is 23.5 Å². The van der Waals surface area contributed by atoms with E-state index in [0.29, 0.717) is 0 Å². The van der Waals surface area contributed by atoms with E-state index in [2.05, 4.69) is 27.3 Å². The molecule has 1 aromatic rings. The van der Waals surface area contributed by atoms with Gasteiger partial charge in [0.25, 0.3) is 0 Å². The number of likely N-dealkylation sites (tertiary alicyclic amines) is 1. The standard InChI is InChI=1S/C17H21BrN2O2/c18-15-7-3-2-6-12(15)13-10-14(13)17(22)19-11-16(21)20-8-4-1-5-9-20/h2-3,6-7,13-14H,1,4-5,8-11H2,(H,19,22)/t13-,14+/m0/s1. The van der Waals surface area contributed by atoms with Crippen molar-refractivity contribution in [1.29, 1.82) is 0 Å². The van der Waals surface area contributed by atoms with Crippen molar-refractivity contribution in [2.24, 2.45) is 5.92 Å². The molecule has 4 nitrogen and oxygen atoms in total. The van der Waals surface area contributed by atoms with Crippen molar-refractivity contribution in [2.75, 3.05) is 19.6 Å². The lowest BCUT2D eigenvalue weighted by atomic mass is 10.1. The number of carbonyl (C=O) groups is 2. The Kier molecular flexibility index (Phi) is 4.81. The number of carbonyl (C=O) groups excluding carboxylic acids is 2. The van der Waals surface area contributed by atoms with Crippen LogP contribution in [0, 0.1) is 5.92 Å². The van der Waals surface area contributed by atoms with Crippen LogP contribution in [0.2, 0.25) is 0 Å². The van der Waals surface area contributed by atoms with Gasteiger partial charge in [-0.15, -0.1) is 0 Å². The maximum Gasteiger partial charge on any atom is 0.241 e. The molecule has 2 fully saturated rings. The molecule has 2 amide bonds. The molecule has 0 bridgehead atoms. The summed E-state index contributed by atoms with van der Waals surface area (Å²) in [5.74, 6) is 0.339. The fraction of sp³-hybridized carbons (Fsp3) is 0.529. The summed E-state index contributed by atoms with van der Waals surface area (Å²) in [4.78, 5) is 26.1. The van der Waals surface area contributed by atoms with Crippen LogP contribution >= 0.6 is 15.9 Å². The van der Waals surface area contributed by atoms with Gasteiger partial charge in [0.05, 0.1) is 6.54 Å². The Labute approximate surface area is 139 Å². The molecule has 2 atom stereocenters. The summed E-state index contributed by atoms with van der Waals surface area (Å²) in [6.45, 7) is 1.80. The van der Waals surface area contributed by atoms with Gasteiger partial charge in [0.15, 0.2) is 0 Å². The minimum atomic E-state index is 0.00566. The summed E-state index contributed by atoms with van der Waals surface area (Å²) in [5.41, 5.74) is 1.19. The van der Waals surface area contributed by atoms with Gasteiger partial charge >= 0.3 is 0 Å². The number of nitrogens with zero attached hydrogens (tertiary/aromatic N) is 1. The average Bonchev–Trinajstić information content (AvgIpc) is 3.34. The number of amides is 2. The van der Waals surface area contributed by atoms with Crippen molar-refractivity contribution >= 4 is 27.7 Å². The first-order chi connectivity index (χ1) is 10.7. The van der Waals surface area contributed by atoms with E-state index in [1.807, 2.05) is 23.1 Å². The van der Waals surface area contributed by atoms with Crippen LogP contribution in [-0.2, 0) is 9.59 Å². The van der Waals surface area contributed by atoms with Gasteiger partial charge in [-0.05, 0) is 43.2 Å². The lowest BCUT2D eigenvalue weighted by Crippen LogP contribution is -2.43. The predicted octanol–water partition coefficient (Wildman–Crippen LogP) is 2.68. The number of halogens is 1. The van der Waals surface area contributed by atoms with E-state index in [-0.39, 0.29) is 30.2 Å². The zero-order valence-electron chi connectivity index (χ0n) is 12.6. The SMILES string of the molecule is O=C(NCC(=O)N1CCCCC1)[C@@H]1C[C@H]1c1ccccc1Br. The summed E-state index contributed by atoms with van der Waals surface area (Å²) >= 11 is 3.54. The second kappa shape index (κ2) is 6.82. The Hall–Kier alpha value is -1.36. The van der Waals surface area contributed by atoms with Crippen LogP contribution in [-0.4, -0.2) is 36.3 Å². The highest BCUT2D eigenvalue weighted by Crippen LogP contribution is 2.49. The minimum Gasteiger partial charge on any atom is -0.347 e. The molecule has 1 saturated carbocycles. The van der Waals surface area contributed by atoms with Gasteiger partial charge in [0.2, 0.25) is 11.8 Å². The zero-order valence-corrected chi connectivity index (χ0v) is 14.1. The number of nitrogens with one attached hydrogen (secondary N) is 1. The van der Waals surface area contributed by atoms with E-state index in [1.165, 1.54) is 12.0 Å². The Morgan fingerprint density at radius 3 is 2.64 bits per heavy atom. The van der Waals surface area contributed by atoms with E-state index < -0.39 is 0 Å². The van der Waals surface area contributed by atoms with E-state index in [1.54, 1.807) is 0 Å². The molecule has 0 aromatic heterocycles. The van der Waals surface area contributed by atoms with Crippen molar-refractivity contribution in [3.8, 4) is 0 Å². The Morgan fingerprint density at radius 2 is 1.91 bits per heavy atom. The van der Waals surface area contributed by atoms with Crippen molar-refractivity contribution in [3.05, 3.63) is 34.3 Å². The second-order valence-corrected chi connectivity index (χ2v) is 6.98. The third-order valence-corrected chi connectivity index (χ3v) is 5.28. The zero-order chi connectivity index (χ0) is 15.5.